The molecule has 1 heterocycles. The third-order valence-corrected chi connectivity index (χ3v) is 3.38. The summed E-state index contributed by atoms with van der Waals surface area (Å²) >= 11 is 0. The number of sulfonamides is 1. The molecule has 0 aromatic carbocycles. The van der Waals surface area contributed by atoms with Crippen LogP contribution in [0.1, 0.15) is 13.8 Å². The van der Waals surface area contributed by atoms with Crippen molar-refractivity contribution in [2.75, 3.05) is 0 Å². The molecule has 0 aliphatic carbocycles. The SMILES string of the molecule is CCn1cnc(S(=O)(=O)NC(C)C(=O)O)c1. The highest BCUT2D eigenvalue weighted by Gasteiger charge is 2.23. The van der Waals surface area contributed by atoms with Gasteiger partial charge in [-0.3, -0.25) is 4.79 Å². The van der Waals surface area contributed by atoms with E-state index in [0.29, 0.717) is 6.54 Å². The molecule has 0 fully saturated rings. The van der Waals surface area contributed by atoms with Gasteiger partial charge in [0.2, 0.25) is 0 Å². The van der Waals surface area contributed by atoms with E-state index in [1.54, 1.807) is 4.57 Å². The van der Waals surface area contributed by atoms with Crippen LogP contribution in [0.25, 0.3) is 0 Å². The van der Waals surface area contributed by atoms with Crippen molar-refractivity contribution in [3.8, 4) is 0 Å². The van der Waals surface area contributed by atoms with E-state index in [4.69, 9.17) is 5.11 Å². The van der Waals surface area contributed by atoms with E-state index >= 15 is 0 Å². The highest BCUT2D eigenvalue weighted by molar-refractivity contribution is 7.89. The third kappa shape index (κ3) is 2.80. The lowest BCUT2D eigenvalue weighted by molar-refractivity contribution is -0.138. The molecule has 0 spiro atoms. The number of aliphatic carboxylic acids is 1. The number of imidazole rings is 1. The first kappa shape index (κ1) is 12.7. The minimum Gasteiger partial charge on any atom is -0.480 e. The van der Waals surface area contributed by atoms with Crippen LogP contribution in [0.2, 0.25) is 0 Å². The van der Waals surface area contributed by atoms with E-state index in [0.717, 1.165) is 0 Å². The number of nitrogens with one attached hydrogen (secondary N) is 1. The Bertz CT molecular complexity index is 479. The maximum atomic E-state index is 11.6. The predicted molar refractivity (Wildman–Crippen MR) is 55.3 cm³/mol. The van der Waals surface area contributed by atoms with Crippen molar-refractivity contribution in [3.05, 3.63) is 12.5 Å². The summed E-state index contributed by atoms with van der Waals surface area (Å²) in [4.78, 5) is 14.2. The van der Waals surface area contributed by atoms with Gasteiger partial charge < -0.3 is 9.67 Å². The summed E-state index contributed by atoms with van der Waals surface area (Å²) in [6.07, 6.45) is 2.72. The standard InChI is InChI=1S/C8H13N3O4S/c1-3-11-4-7(9-5-11)16(14,15)10-6(2)8(12)13/h4-6,10H,3H2,1-2H3,(H,12,13). The van der Waals surface area contributed by atoms with Crippen LogP contribution in [0.4, 0.5) is 0 Å². The van der Waals surface area contributed by atoms with Gasteiger partial charge in [0, 0.05) is 12.7 Å². The van der Waals surface area contributed by atoms with Crippen LogP contribution in [0.15, 0.2) is 17.6 Å². The molecule has 90 valence electrons. The third-order valence-electron chi connectivity index (χ3n) is 1.95. The summed E-state index contributed by atoms with van der Waals surface area (Å²) < 4.78 is 26.8. The highest BCUT2D eigenvalue weighted by atomic mass is 32.2. The molecule has 0 radical (unpaired) electrons. The second kappa shape index (κ2) is 4.62. The molecule has 1 unspecified atom stereocenters. The highest BCUT2D eigenvalue weighted by Crippen LogP contribution is 2.05. The molecule has 16 heavy (non-hydrogen) atoms. The Labute approximate surface area is 93.2 Å². The van der Waals surface area contributed by atoms with Gasteiger partial charge in [0.25, 0.3) is 10.0 Å². The Morgan fingerprint density at radius 1 is 1.69 bits per heavy atom. The lowest BCUT2D eigenvalue weighted by atomic mass is 10.4. The van der Waals surface area contributed by atoms with Crippen molar-refractivity contribution in [1.29, 1.82) is 0 Å². The van der Waals surface area contributed by atoms with Crippen LogP contribution < -0.4 is 4.72 Å². The van der Waals surface area contributed by atoms with Gasteiger partial charge in [-0.2, -0.15) is 4.72 Å². The number of carbonyl (C=O) groups is 1. The van der Waals surface area contributed by atoms with Crippen molar-refractivity contribution in [1.82, 2.24) is 14.3 Å². The molecule has 0 bridgehead atoms. The van der Waals surface area contributed by atoms with E-state index in [2.05, 4.69) is 4.98 Å². The van der Waals surface area contributed by atoms with Crippen LogP contribution in [0.3, 0.4) is 0 Å². The number of carboxylic acid groups (broad SMARTS) is 1. The van der Waals surface area contributed by atoms with Gasteiger partial charge in [0.15, 0.2) is 5.03 Å². The minimum absolute atomic E-state index is 0.178. The van der Waals surface area contributed by atoms with Crippen molar-refractivity contribution < 1.29 is 18.3 Å². The molecule has 1 aromatic heterocycles. The summed E-state index contributed by atoms with van der Waals surface area (Å²) in [5.41, 5.74) is 0. The Hall–Kier alpha value is -1.41. The van der Waals surface area contributed by atoms with Crippen molar-refractivity contribution in [2.45, 2.75) is 31.5 Å². The summed E-state index contributed by atoms with van der Waals surface area (Å²) in [6, 6.07) is -1.18. The van der Waals surface area contributed by atoms with Gasteiger partial charge >= 0.3 is 5.97 Å². The molecular weight excluding hydrogens is 234 g/mol. The van der Waals surface area contributed by atoms with Crippen molar-refractivity contribution in [3.63, 3.8) is 0 Å². The summed E-state index contributed by atoms with van der Waals surface area (Å²) in [5.74, 6) is -1.24. The summed E-state index contributed by atoms with van der Waals surface area (Å²) in [5, 5.41) is 8.41. The first-order valence-electron chi connectivity index (χ1n) is 4.63. The molecule has 1 rings (SSSR count). The molecule has 1 aromatic rings. The van der Waals surface area contributed by atoms with Crippen LogP contribution in [0, 0.1) is 0 Å². The fraction of sp³-hybridized carbons (Fsp3) is 0.500. The second-order valence-corrected chi connectivity index (χ2v) is 4.88. The summed E-state index contributed by atoms with van der Waals surface area (Å²) in [6.45, 7) is 3.68. The van der Waals surface area contributed by atoms with Gasteiger partial charge in [-0.25, -0.2) is 13.4 Å². The number of aryl methyl sites for hydroxylation is 1. The number of hydrogen-bond acceptors (Lipinski definition) is 4. The Balaban J connectivity index is 2.90. The maximum absolute atomic E-state index is 11.6. The largest absolute Gasteiger partial charge is 0.480 e. The van der Waals surface area contributed by atoms with Gasteiger partial charge in [0.05, 0.1) is 6.33 Å². The molecule has 0 aliphatic heterocycles. The zero-order chi connectivity index (χ0) is 12.3. The zero-order valence-electron chi connectivity index (χ0n) is 8.91. The van der Waals surface area contributed by atoms with Crippen molar-refractivity contribution in [2.24, 2.45) is 0 Å². The monoisotopic (exact) mass is 247 g/mol. The van der Waals surface area contributed by atoms with Gasteiger partial charge in [-0.1, -0.05) is 0 Å². The average molecular weight is 247 g/mol. The van der Waals surface area contributed by atoms with E-state index in [1.807, 2.05) is 11.6 Å². The average Bonchev–Trinajstić information content (AvgIpc) is 2.65. The Kier molecular flexibility index (Phi) is 3.66. The molecular formula is C8H13N3O4S. The van der Waals surface area contributed by atoms with Crippen LogP contribution in [-0.2, 0) is 21.4 Å². The Morgan fingerprint density at radius 2 is 2.31 bits per heavy atom. The zero-order valence-corrected chi connectivity index (χ0v) is 9.73. The quantitative estimate of drug-likeness (QED) is 0.740. The lowest BCUT2D eigenvalue weighted by Gasteiger charge is -2.07. The number of aromatic nitrogens is 2. The molecule has 0 saturated carbocycles. The second-order valence-electron chi connectivity index (χ2n) is 3.22. The predicted octanol–water partition coefficient (Wildman–Crippen LogP) is -0.346. The molecule has 0 aliphatic rings. The Morgan fingerprint density at radius 3 is 2.75 bits per heavy atom. The van der Waals surface area contributed by atoms with Crippen LogP contribution in [0.5, 0.6) is 0 Å². The van der Waals surface area contributed by atoms with E-state index in [9.17, 15) is 13.2 Å². The van der Waals surface area contributed by atoms with Crippen LogP contribution >= 0.6 is 0 Å². The fourth-order valence-electron chi connectivity index (χ4n) is 0.995. The molecule has 7 nitrogen and oxygen atoms in total. The first-order valence-corrected chi connectivity index (χ1v) is 6.12. The van der Waals surface area contributed by atoms with Gasteiger partial charge in [-0.15, -0.1) is 0 Å². The topological polar surface area (TPSA) is 101 Å². The number of carboxylic acids is 1. The smallest absolute Gasteiger partial charge is 0.321 e. The molecule has 0 saturated heterocycles. The maximum Gasteiger partial charge on any atom is 0.321 e. The number of nitrogens with zero attached hydrogens (tertiary/aromatic N) is 2. The molecule has 2 N–H and O–H groups in total. The van der Waals surface area contributed by atoms with Gasteiger partial charge in [0.1, 0.15) is 6.04 Å². The molecule has 1 atom stereocenters. The van der Waals surface area contributed by atoms with Gasteiger partial charge in [-0.05, 0) is 13.8 Å². The minimum atomic E-state index is -3.86. The van der Waals surface area contributed by atoms with E-state index in [-0.39, 0.29) is 5.03 Å². The van der Waals surface area contributed by atoms with E-state index < -0.39 is 22.0 Å². The van der Waals surface area contributed by atoms with E-state index in [1.165, 1.54) is 19.4 Å². The molecule has 8 heteroatoms. The van der Waals surface area contributed by atoms with Crippen molar-refractivity contribution >= 4 is 16.0 Å². The normalized spacial score (nSPS) is 13.6. The van der Waals surface area contributed by atoms with Crippen LogP contribution in [-0.4, -0.2) is 35.1 Å². The fourth-order valence-corrected chi connectivity index (χ4v) is 2.14. The summed E-state index contributed by atoms with van der Waals surface area (Å²) in [7, 11) is -3.86. The number of hydrogen-bond donors (Lipinski definition) is 2. The first-order chi connectivity index (χ1) is 7.36. The number of rotatable bonds is 5. The lowest BCUT2D eigenvalue weighted by Crippen LogP contribution is -2.38. The molecule has 0 amide bonds.